The van der Waals surface area contributed by atoms with Gasteiger partial charge in [0.25, 0.3) is 0 Å². The summed E-state index contributed by atoms with van der Waals surface area (Å²) in [4.78, 5) is 3.74. The normalized spacial score (nSPS) is 13.6. The number of aromatic amines is 1. The van der Waals surface area contributed by atoms with Crippen LogP contribution < -0.4 is 16.0 Å². The highest BCUT2D eigenvalue weighted by Gasteiger charge is 2.38. The number of hydrogen-bond donors (Lipinski definition) is 4. The molecule has 4 N–H and O–H groups in total. The summed E-state index contributed by atoms with van der Waals surface area (Å²) < 4.78 is 4.39. The Labute approximate surface area is 255 Å². The molecule has 6 nitrogen and oxygen atoms in total. The molecule has 0 atom stereocenters. The van der Waals surface area contributed by atoms with E-state index in [1.54, 1.807) is 0 Å². The van der Waals surface area contributed by atoms with E-state index in [1.165, 1.54) is 32.3 Å². The molecule has 5 heterocycles. The number of rotatable bonds is 0. The van der Waals surface area contributed by atoms with Crippen LogP contribution in [-0.2, 0) is 0 Å². The Morgan fingerprint density at radius 2 is 0.705 bits per heavy atom. The van der Waals surface area contributed by atoms with Crippen LogP contribution in [0, 0.1) is 0 Å². The van der Waals surface area contributed by atoms with Crippen molar-refractivity contribution in [1.29, 1.82) is 0 Å². The minimum atomic E-state index is -0.529. The van der Waals surface area contributed by atoms with Gasteiger partial charge in [-0.05, 0) is 68.7 Å². The molecular weight excluding hydrogens is 563 g/mol. The van der Waals surface area contributed by atoms with E-state index in [-0.39, 0.29) is 0 Å². The number of hydrogen-bond acceptors (Lipinski definition) is 3. The number of anilines is 6. The second-order valence-corrected chi connectivity index (χ2v) is 12.3. The lowest BCUT2D eigenvalue weighted by Crippen LogP contribution is -2.35. The maximum atomic E-state index is 7.61. The van der Waals surface area contributed by atoms with E-state index in [4.69, 9.17) is 11.5 Å². The molecule has 4 bridgehead atoms. The van der Waals surface area contributed by atoms with Crippen molar-refractivity contribution in [2.45, 2.75) is 0 Å². The summed E-state index contributed by atoms with van der Waals surface area (Å²) in [6, 6.07) is 39.2. The second-order valence-electron chi connectivity index (χ2n) is 11.9. The smallest absolute Gasteiger partial charge is 0.328 e. The van der Waals surface area contributed by atoms with E-state index in [9.17, 15) is 0 Å². The van der Waals surface area contributed by atoms with Gasteiger partial charge in [-0.1, -0.05) is 72.8 Å². The number of nitrogens with zero attached hydrogens (tertiary/aromatic N) is 2. The third-order valence-corrected chi connectivity index (χ3v) is 9.97. The summed E-state index contributed by atoms with van der Waals surface area (Å²) in [6.45, 7) is 0. The maximum Gasteiger partial charge on any atom is 0.499 e. The van der Waals surface area contributed by atoms with E-state index in [2.05, 4.69) is 139 Å². The lowest BCUT2D eigenvalue weighted by atomic mass is 10.1. The van der Waals surface area contributed by atoms with Gasteiger partial charge in [0.15, 0.2) is 0 Å². The number of fused-ring (bicyclic) bond motifs is 14. The Morgan fingerprint density at radius 1 is 0.409 bits per heavy atom. The Hall–Kier alpha value is -5.53. The van der Waals surface area contributed by atoms with Crippen molar-refractivity contribution in [1.82, 2.24) is 13.9 Å². The number of benzene rings is 6. The molecule has 0 spiro atoms. The molecule has 2 aliphatic heterocycles. The standard InChI is InChI=1S/C36H22BClN6/c38-37-43-33-27-15-21-9-3-5-11-23(21)17-29(27)35(43)42-36-30-18-24-12-6-4-10-22(24)16-28(30)34(44(36)37)41-32-26-14-20-8-2-1-7-19(20)13-25(26)31(39-32)40-33/h1-18,39-42H. The monoisotopic (exact) mass is 584 g/mol. The van der Waals surface area contributed by atoms with Gasteiger partial charge in [-0.25, -0.2) is 0 Å². The topological polar surface area (TPSA) is 61.7 Å². The van der Waals surface area contributed by atoms with Crippen LogP contribution in [0.25, 0.3) is 64.6 Å². The summed E-state index contributed by atoms with van der Waals surface area (Å²) in [5.41, 5.74) is 0. The first-order valence-electron chi connectivity index (χ1n) is 14.8. The molecule has 0 fully saturated rings. The van der Waals surface area contributed by atoms with Gasteiger partial charge in [0.1, 0.15) is 34.9 Å². The molecule has 0 amide bonds. The van der Waals surface area contributed by atoms with Crippen LogP contribution in [0.4, 0.5) is 34.9 Å². The molecule has 0 saturated carbocycles. The number of H-pyrrole nitrogens is 1. The van der Waals surface area contributed by atoms with Crippen LogP contribution >= 0.6 is 11.5 Å². The van der Waals surface area contributed by atoms with Gasteiger partial charge < -0.3 is 29.9 Å². The van der Waals surface area contributed by atoms with Gasteiger partial charge in [-0.15, -0.1) is 11.5 Å². The highest BCUT2D eigenvalue weighted by molar-refractivity contribution is 7.06. The third kappa shape index (κ3) is 2.82. The molecule has 3 aromatic heterocycles. The lowest BCUT2D eigenvalue weighted by molar-refractivity contribution is 1.06. The van der Waals surface area contributed by atoms with Crippen LogP contribution in [0.5, 0.6) is 0 Å². The largest absolute Gasteiger partial charge is 0.499 e. The van der Waals surface area contributed by atoms with Gasteiger partial charge >= 0.3 is 6.40 Å². The van der Waals surface area contributed by atoms with Crippen molar-refractivity contribution >= 4 is 117 Å². The highest BCUT2D eigenvalue weighted by atomic mass is 35.5. The fourth-order valence-electron chi connectivity index (χ4n) is 7.52. The maximum absolute atomic E-state index is 7.61. The van der Waals surface area contributed by atoms with E-state index in [1.807, 2.05) is 0 Å². The van der Waals surface area contributed by atoms with Crippen molar-refractivity contribution in [3.8, 4) is 0 Å². The molecule has 2 aliphatic rings. The fraction of sp³-hybridized carbons (Fsp3) is 0. The van der Waals surface area contributed by atoms with Crippen LogP contribution in [0.15, 0.2) is 109 Å². The molecule has 11 rings (SSSR count). The molecular formula is C36H22BClN6. The van der Waals surface area contributed by atoms with Gasteiger partial charge in [0.05, 0.1) is 0 Å². The molecule has 0 aliphatic carbocycles. The predicted molar refractivity (Wildman–Crippen MR) is 187 cm³/mol. The first kappa shape index (κ1) is 23.0. The van der Waals surface area contributed by atoms with Crippen LogP contribution in [-0.4, -0.2) is 20.3 Å². The van der Waals surface area contributed by atoms with E-state index in [0.29, 0.717) is 0 Å². The molecule has 0 unspecified atom stereocenters. The Bertz CT molecular complexity index is 2550. The molecule has 0 radical (unpaired) electrons. The number of aromatic nitrogens is 3. The Morgan fingerprint density at radius 3 is 1.05 bits per heavy atom. The van der Waals surface area contributed by atoms with Crippen LogP contribution in [0.3, 0.4) is 0 Å². The minimum Gasteiger partial charge on any atom is -0.328 e. The average Bonchev–Trinajstić information content (AvgIpc) is 3.66. The van der Waals surface area contributed by atoms with Crippen molar-refractivity contribution in [3.63, 3.8) is 0 Å². The van der Waals surface area contributed by atoms with Crippen molar-refractivity contribution in [2.24, 2.45) is 0 Å². The first-order valence-corrected chi connectivity index (χ1v) is 15.3. The predicted octanol–water partition coefficient (Wildman–Crippen LogP) is 10.0. The highest BCUT2D eigenvalue weighted by Crippen LogP contribution is 2.50. The molecule has 0 saturated heterocycles. The van der Waals surface area contributed by atoms with Gasteiger partial charge in [-0.3, -0.25) is 0 Å². The zero-order chi connectivity index (χ0) is 28.7. The molecule has 9 aromatic rings. The van der Waals surface area contributed by atoms with Crippen LogP contribution in [0.2, 0.25) is 0 Å². The summed E-state index contributed by atoms with van der Waals surface area (Å²) in [7, 11) is 0. The van der Waals surface area contributed by atoms with Crippen molar-refractivity contribution < 1.29 is 0 Å². The fourth-order valence-corrected chi connectivity index (χ4v) is 7.91. The Balaban J connectivity index is 1.32. The van der Waals surface area contributed by atoms with E-state index < -0.39 is 6.40 Å². The van der Waals surface area contributed by atoms with Gasteiger partial charge in [-0.2, -0.15) is 0 Å². The molecule has 44 heavy (non-hydrogen) atoms. The molecule has 206 valence electrons. The van der Waals surface area contributed by atoms with E-state index in [0.717, 1.165) is 67.2 Å². The quantitative estimate of drug-likeness (QED) is 0.134. The number of halogens is 1. The van der Waals surface area contributed by atoms with E-state index >= 15 is 0 Å². The van der Waals surface area contributed by atoms with Gasteiger partial charge in [0, 0.05) is 32.3 Å². The number of nitrogens with one attached hydrogen (secondary N) is 4. The zero-order valence-electron chi connectivity index (χ0n) is 23.2. The van der Waals surface area contributed by atoms with Crippen molar-refractivity contribution in [2.75, 3.05) is 16.0 Å². The lowest BCUT2D eigenvalue weighted by Gasteiger charge is -2.28. The zero-order valence-corrected chi connectivity index (χ0v) is 24.0. The average molecular weight is 585 g/mol. The summed E-state index contributed by atoms with van der Waals surface area (Å²) in [5.74, 6) is 5.68. The summed E-state index contributed by atoms with van der Waals surface area (Å²) in [6.07, 6.45) is -0.529. The summed E-state index contributed by atoms with van der Waals surface area (Å²) in [5, 5.41) is 25.3. The molecule has 6 aromatic carbocycles. The first-order chi connectivity index (χ1) is 21.7. The Kier molecular flexibility index (Phi) is 4.13. The SMILES string of the molecule is ClB1n2c3c4cc5ccccc5cc4c2Nc2c4cc5ccccc5cc4c(n21)Nc1[nH]c(c2cc4ccccc4cc12)N3. The van der Waals surface area contributed by atoms with Crippen molar-refractivity contribution in [3.05, 3.63) is 109 Å². The third-order valence-electron chi connectivity index (χ3n) is 9.58. The minimum absolute atomic E-state index is 0.529. The second kappa shape index (κ2) is 7.89. The van der Waals surface area contributed by atoms with Gasteiger partial charge in [0.2, 0.25) is 0 Å². The molecule has 8 heteroatoms. The van der Waals surface area contributed by atoms with Crippen LogP contribution in [0.1, 0.15) is 0 Å². The summed E-state index contributed by atoms with van der Waals surface area (Å²) >= 11 is 7.61.